The van der Waals surface area contributed by atoms with Gasteiger partial charge in [0.05, 0.1) is 0 Å². The van der Waals surface area contributed by atoms with Gasteiger partial charge in [0.25, 0.3) is 0 Å². The summed E-state index contributed by atoms with van der Waals surface area (Å²) in [5.41, 5.74) is 0.959. The van der Waals surface area contributed by atoms with Crippen LogP contribution >= 0.6 is 0 Å². The second-order valence-electron chi connectivity index (χ2n) is 5.01. The molecular formula is C16H20N2O2. The number of rotatable bonds is 4. The first-order valence-corrected chi connectivity index (χ1v) is 6.99. The molecule has 0 saturated carbocycles. The fourth-order valence-electron chi connectivity index (χ4n) is 2.27. The van der Waals surface area contributed by atoms with E-state index in [2.05, 4.69) is 5.32 Å². The Labute approximate surface area is 119 Å². The molecule has 4 heteroatoms. The highest BCUT2D eigenvalue weighted by molar-refractivity contribution is 5.95. The molecule has 1 heterocycles. The van der Waals surface area contributed by atoms with Crippen LogP contribution in [-0.2, 0) is 9.59 Å². The maximum absolute atomic E-state index is 12.0. The van der Waals surface area contributed by atoms with Crippen LogP contribution in [0.5, 0.6) is 0 Å². The molecule has 0 bridgehead atoms. The highest BCUT2D eigenvalue weighted by atomic mass is 16.2. The Morgan fingerprint density at radius 1 is 1.20 bits per heavy atom. The lowest BCUT2D eigenvalue weighted by Gasteiger charge is -2.20. The topological polar surface area (TPSA) is 49.4 Å². The third-order valence-electron chi connectivity index (χ3n) is 3.37. The standard InChI is InChI=1S/C16H20N2O2/c1-13(16(20)18-11-5-6-12-18)17-15(19)10-9-14-7-3-2-4-8-14/h2-4,7-10,13H,5-6,11-12H2,1H3,(H,17,19)/b10-9+. The molecule has 0 aliphatic carbocycles. The minimum absolute atomic E-state index is 0.00367. The van der Waals surface area contributed by atoms with Crippen molar-refractivity contribution in [2.24, 2.45) is 0 Å². The summed E-state index contributed by atoms with van der Waals surface area (Å²) in [6.07, 6.45) is 5.31. The number of benzene rings is 1. The molecule has 20 heavy (non-hydrogen) atoms. The summed E-state index contributed by atoms with van der Waals surface area (Å²) >= 11 is 0. The van der Waals surface area contributed by atoms with E-state index in [0.29, 0.717) is 0 Å². The molecule has 1 aliphatic rings. The van der Waals surface area contributed by atoms with Crippen LogP contribution in [0.1, 0.15) is 25.3 Å². The van der Waals surface area contributed by atoms with Crippen molar-refractivity contribution in [2.75, 3.05) is 13.1 Å². The van der Waals surface area contributed by atoms with Crippen LogP contribution in [0.25, 0.3) is 6.08 Å². The average molecular weight is 272 g/mol. The first kappa shape index (κ1) is 14.3. The van der Waals surface area contributed by atoms with E-state index in [9.17, 15) is 9.59 Å². The highest BCUT2D eigenvalue weighted by Crippen LogP contribution is 2.09. The van der Waals surface area contributed by atoms with Gasteiger partial charge in [-0.05, 0) is 31.4 Å². The van der Waals surface area contributed by atoms with E-state index in [1.54, 1.807) is 13.0 Å². The number of amides is 2. The lowest BCUT2D eigenvalue weighted by atomic mass is 10.2. The van der Waals surface area contributed by atoms with Crippen molar-refractivity contribution in [3.8, 4) is 0 Å². The van der Waals surface area contributed by atoms with Crippen molar-refractivity contribution < 1.29 is 9.59 Å². The summed E-state index contributed by atoms with van der Waals surface area (Å²) in [7, 11) is 0. The van der Waals surface area contributed by atoms with Crippen molar-refractivity contribution >= 4 is 17.9 Å². The molecule has 1 aliphatic heterocycles. The van der Waals surface area contributed by atoms with Crippen LogP contribution in [0.15, 0.2) is 36.4 Å². The van der Waals surface area contributed by atoms with Gasteiger partial charge in [-0.2, -0.15) is 0 Å². The summed E-state index contributed by atoms with van der Waals surface area (Å²) in [5.74, 6) is -0.238. The summed E-state index contributed by atoms with van der Waals surface area (Å²) < 4.78 is 0. The van der Waals surface area contributed by atoms with Gasteiger partial charge in [-0.15, -0.1) is 0 Å². The Bertz CT molecular complexity index is 490. The van der Waals surface area contributed by atoms with Crippen LogP contribution in [0.3, 0.4) is 0 Å². The van der Waals surface area contributed by atoms with E-state index in [1.807, 2.05) is 35.2 Å². The second kappa shape index (κ2) is 6.89. The van der Waals surface area contributed by atoms with E-state index in [4.69, 9.17) is 0 Å². The Hall–Kier alpha value is -2.10. The second-order valence-corrected chi connectivity index (χ2v) is 5.01. The van der Waals surface area contributed by atoms with E-state index >= 15 is 0 Å². The fourth-order valence-corrected chi connectivity index (χ4v) is 2.27. The van der Waals surface area contributed by atoms with E-state index in [0.717, 1.165) is 31.5 Å². The third kappa shape index (κ3) is 3.95. The molecule has 1 unspecified atom stereocenters. The monoisotopic (exact) mass is 272 g/mol. The molecule has 0 radical (unpaired) electrons. The normalized spacial score (nSPS) is 16.4. The van der Waals surface area contributed by atoms with Crippen LogP contribution in [0.2, 0.25) is 0 Å². The van der Waals surface area contributed by atoms with Crippen molar-refractivity contribution in [2.45, 2.75) is 25.8 Å². The number of likely N-dealkylation sites (tertiary alicyclic amines) is 1. The lowest BCUT2D eigenvalue weighted by molar-refractivity contribution is -0.134. The molecule has 106 valence electrons. The summed E-state index contributed by atoms with van der Waals surface area (Å²) in [6, 6.07) is 9.12. The van der Waals surface area contributed by atoms with Gasteiger partial charge in [0, 0.05) is 19.2 Å². The Morgan fingerprint density at radius 2 is 1.85 bits per heavy atom. The Morgan fingerprint density at radius 3 is 2.50 bits per heavy atom. The summed E-state index contributed by atoms with van der Waals surface area (Å²) in [5, 5.41) is 2.71. The summed E-state index contributed by atoms with van der Waals surface area (Å²) in [4.78, 5) is 25.6. The molecule has 1 saturated heterocycles. The number of hydrogen-bond donors (Lipinski definition) is 1. The van der Waals surface area contributed by atoms with Gasteiger partial charge in [0.1, 0.15) is 6.04 Å². The predicted octanol–water partition coefficient (Wildman–Crippen LogP) is 1.83. The van der Waals surface area contributed by atoms with Crippen LogP contribution in [0, 0.1) is 0 Å². The van der Waals surface area contributed by atoms with Gasteiger partial charge in [0.15, 0.2) is 0 Å². The number of nitrogens with zero attached hydrogens (tertiary/aromatic N) is 1. The first-order chi connectivity index (χ1) is 9.66. The predicted molar refractivity (Wildman–Crippen MR) is 78.9 cm³/mol. The smallest absolute Gasteiger partial charge is 0.244 e. The molecule has 1 aromatic carbocycles. The van der Waals surface area contributed by atoms with E-state index in [-0.39, 0.29) is 11.8 Å². The molecule has 1 fully saturated rings. The van der Waals surface area contributed by atoms with Crippen molar-refractivity contribution in [1.29, 1.82) is 0 Å². The fraction of sp³-hybridized carbons (Fsp3) is 0.375. The molecule has 0 aromatic heterocycles. The maximum Gasteiger partial charge on any atom is 0.244 e. The van der Waals surface area contributed by atoms with E-state index < -0.39 is 6.04 Å². The van der Waals surface area contributed by atoms with Crippen molar-refractivity contribution in [3.05, 3.63) is 42.0 Å². The zero-order valence-electron chi connectivity index (χ0n) is 11.7. The minimum atomic E-state index is -0.471. The van der Waals surface area contributed by atoms with Gasteiger partial charge >= 0.3 is 0 Å². The minimum Gasteiger partial charge on any atom is -0.341 e. The maximum atomic E-state index is 12.0. The number of carbonyl (C=O) groups excluding carboxylic acids is 2. The average Bonchev–Trinajstić information content (AvgIpc) is 2.99. The molecule has 0 spiro atoms. The molecule has 2 amide bonds. The van der Waals surface area contributed by atoms with E-state index in [1.165, 1.54) is 6.08 Å². The zero-order valence-corrected chi connectivity index (χ0v) is 11.7. The van der Waals surface area contributed by atoms with Crippen molar-refractivity contribution in [3.63, 3.8) is 0 Å². The first-order valence-electron chi connectivity index (χ1n) is 6.99. The van der Waals surface area contributed by atoms with Crippen LogP contribution in [-0.4, -0.2) is 35.8 Å². The molecule has 1 N–H and O–H groups in total. The number of carbonyl (C=O) groups is 2. The quantitative estimate of drug-likeness (QED) is 0.850. The third-order valence-corrected chi connectivity index (χ3v) is 3.37. The Balaban J connectivity index is 1.84. The van der Waals surface area contributed by atoms with Crippen molar-refractivity contribution in [1.82, 2.24) is 10.2 Å². The number of hydrogen-bond acceptors (Lipinski definition) is 2. The molecule has 1 atom stereocenters. The van der Waals surface area contributed by atoms with Gasteiger partial charge in [-0.1, -0.05) is 30.3 Å². The molecule has 1 aromatic rings. The summed E-state index contributed by atoms with van der Waals surface area (Å²) in [6.45, 7) is 3.34. The van der Waals surface area contributed by atoms with Crippen LogP contribution in [0.4, 0.5) is 0 Å². The lowest BCUT2D eigenvalue weighted by Crippen LogP contribution is -2.45. The molecular weight excluding hydrogens is 252 g/mol. The SMILES string of the molecule is CC(NC(=O)/C=C/c1ccccc1)C(=O)N1CCCC1. The van der Waals surface area contributed by atoms with Crippen LogP contribution < -0.4 is 5.32 Å². The van der Waals surface area contributed by atoms with Gasteiger partial charge < -0.3 is 10.2 Å². The molecule has 4 nitrogen and oxygen atoms in total. The largest absolute Gasteiger partial charge is 0.341 e. The van der Waals surface area contributed by atoms with Gasteiger partial charge in [-0.3, -0.25) is 9.59 Å². The Kier molecular flexibility index (Phi) is 4.93. The highest BCUT2D eigenvalue weighted by Gasteiger charge is 2.23. The van der Waals surface area contributed by atoms with Gasteiger partial charge in [-0.25, -0.2) is 0 Å². The number of nitrogens with one attached hydrogen (secondary N) is 1. The van der Waals surface area contributed by atoms with Gasteiger partial charge in [0.2, 0.25) is 11.8 Å². The zero-order chi connectivity index (χ0) is 14.4. The molecule has 2 rings (SSSR count).